The number of aryl methyl sites for hydroxylation is 1. The minimum atomic E-state index is -1.12. The number of hydrogen-bond acceptors (Lipinski definition) is 5. The van der Waals surface area contributed by atoms with Crippen LogP contribution >= 0.6 is 0 Å². The lowest BCUT2D eigenvalue weighted by atomic mass is 9.87. The number of hydrogen-bond donors (Lipinski definition) is 2. The van der Waals surface area contributed by atoms with Gasteiger partial charge in [0.15, 0.2) is 0 Å². The maximum atomic E-state index is 11.6. The summed E-state index contributed by atoms with van der Waals surface area (Å²) < 4.78 is 6.44. The molecule has 0 bridgehead atoms. The van der Waals surface area contributed by atoms with E-state index in [1.54, 1.807) is 24.9 Å². The number of carbonyl (C=O) groups is 1. The second kappa shape index (κ2) is 5.71. The third-order valence-corrected chi connectivity index (χ3v) is 2.79. The molecule has 3 N–H and O–H groups in total. The molecule has 0 saturated carbocycles. The standard InChI is InChI=1S/C13H23N3O3/c1-6-19-12(18)9(14)10(17)8-7-16(5)15-11(8)13(2,3)4/h7,9-10,17H,6,14H2,1-5H3. The molecular formula is C13H23N3O3. The highest BCUT2D eigenvalue weighted by Gasteiger charge is 2.32. The number of ether oxygens (including phenoxy) is 1. The third kappa shape index (κ3) is 3.54. The Labute approximate surface area is 113 Å². The molecule has 0 radical (unpaired) electrons. The monoisotopic (exact) mass is 269 g/mol. The van der Waals surface area contributed by atoms with Crippen molar-refractivity contribution >= 4 is 5.97 Å². The molecule has 0 aromatic carbocycles. The van der Waals surface area contributed by atoms with E-state index in [4.69, 9.17) is 10.5 Å². The molecule has 0 amide bonds. The Bertz CT molecular complexity index is 448. The van der Waals surface area contributed by atoms with Crippen molar-refractivity contribution in [2.75, 3.05) is 6.61 Å². The molecule has 0 aliphatic carbocycles. The van der Waals surface area contributed by atoms with Crippen molar-refractivity contribution in [2.24, 2.45) is 12.8 Å². The summed E-state index contributed by atoms with van der Waals surface area (Å²) >= 11 is 0. The summed E-state index contributed by atoms with van der Waals surface area (Å²) in [5, 5.41) is 14.6. The van der Waals surface area contributed by atoms with E-state index in [1.807, 2.05) is 20.8 Å². The highest BCUT2D eigenvalue weighted by atomic mass is 16.5. The zero-order valence-corrected chi connectivity index (χ0v) is 12.2. The molecular weight excluding hydrogens is 246 g/mol. The van der Waals surface area contributed by atoms with Gasteiger partial charge in [-0.3, -0.25) is 9.48 Å². The Hall–Kier alpha value is -1.40. The van der Waals surface area contributed by atoms with E-state index >= 15 is 0 Å². The fraction of sp³-hybridized carbons (Fsp3) is 0.692. The van der Waals surface area contributed by atoms with E-state index in [0.717, 1.165) is 5.69 Å². The molecule has 1 aromatic rings. The lowest BCUT2D eigenvalue weighted by molar-refractivity contribution is -0.147. The SMILES string of the molecule is CCOC(=O)C(N)C(O)c1cn(C)nc1C(C)(C)C. The molecule has 0 aliphatic heterocycles. The van der Waals surface area contributed by atoms with Gasteiger partial charge in [0.25, 0.3) is 0 Å². The van der Waals surface area contributed by atoms with Crippen LogP contribution in [0.3, 0.4) is 0 Å². The molecule has 2 atom stereocenters. The molecule has 6 nitrogen and oxygen atoms in total. The topological polar surface area (TPSA) is 90.4 Å². The molecule has 0 saturated heterocycles. The van der Waals surface area contributed by atoms with Crippen molar-refractivity contribution in [3.63, 3.8) is 0 Å². The Balaban J connectivity index is 3.06. The number of esters is 1. The van der Waals surface area contributed by atoms with Crippen LogP contribution in [0.2, 0.25) is 0 Å². The number of nitrogens with two attached hydrogens (primary N) is 1. The van der Waals surface area contributed by atoms with Gasteiger partial charge in [0.1, 0.15) is 12.1 Å². The van der Waals surface area contributed by atoms with E-state index < -0.39 is 18.1 Å². The van der Waals surface area contributed by atoms with Crippen LogP contribution in [0, 0.1) is 0 Å². The molecule has 0 fully saturated rings. The lowest BCUT2D eigenvalue weighted by Crippen LogP contribution is -2.38. The van der Waals surface area contributed by atoms with Crippen LogP contribution in [0.1, 0.15) is 45.1 Å². The van der Waals surface area contributed by atoms with Crippen LogP contribution in [0.15, 0.2) is 6.20 Å². The van der Waals surface area contributed by atoms with E-state index in [9.17, 15) is 9.90 Å². The van der Waals surface area contributed by atoms with Crippen molar-refractivity contribution in [2.45, 2.75) is 45.3 Å². The Kier molecular flexibility index (Phi) is 4.70. The maximum Gasteiger partial charge on any atom is 0.325 e. The molecule has 19 heavy (non-hydrogen) atoms. The lowest BCUT2D eigenvalue weighted by Gasteiger charge is -2.22. The molecule has 0 aliphatic rings. The van der Waals surface area contributed by atoms with Crippen molar-refractivity contribution in [3.05, 3.63) is 17.5 Å². The largest absolute Gasteiger partial charge is 0.465 e. The predicted octanol–water partition coefficient (Wildman–Crippen LogP) is 0.641. The van der Waals surface area contributed by atoms with E-state index in [0.29, 0.717) is 5.56 Å². The number of carbonyl (C=O) groups excluding carboxylic acids is 1. The Morgan fingerprint density at radius 1 is 1.58 bits per heavy atom. The zero-order valence-electron chi connectivity index (χ0n) is 12.2. The van der Waals surface area contributed by atoms with Crippen LogP contribution in [0.4, 0.5) is 0 Å². The minimum absolute atomic E-state index is 0.235. The normalized spacial score (nSPS) is 15.1. The summed E-state index contributed by atoms with van der Waals surface area (Å²) in [5.74, 6) is -0.612. The highest BCUT2D eigenvalue weighted by Crippen LogP contribution is 2.29. The smallest absolute Gasteiger partial charge is 0.325 e. The fourth-order valence-corrected chi connectivity index (χ4v) is 1.87. The van der Waals surface area contributed by atoms with Crippen LogP contribution in [-0.4, -0.2) is 33.5 Å². The van der Waals surface area contributed by atoms with E-state index in [1.165, 1.54) is 0 Å². The summed E-state index contributed by atoms with van der Waals surface area (Å²) in [6.45, 7) is 7.89. The van der Waals surface area contributed by atoms with Gasteiger partial charge in [0.2, 0.25) is 0 Å². The van der Waals surface area contributed by atoms with Gasteiger partial charge in [-0.05, 0) is 6.92 Å². The van der Waals surface area contributed by atoms with Crippen LogP contribution in [0.5, 0.6) is 0 Å². The van der Waals surface area contributed by atoms with Gasteiger partial charge in [-0.25, -0.2) is 0 Å². The number of aliphatic hydroxyl groups excluding tert-OH is 1. The molecule has 6 heteroatoms. The molecule has 2 unspecified atom stereocenters. The van der Waals surface area contributed by atoms with Crippen molar-refractivity contribution in [1.29, 1.82) is 0 Å². The maximum absolute atomic E-state index is 11.6. The van der Waals surface area contributed by atoms with Crippen molar-refractivity contribution in [1.82, 2.24) is 9.78 Å². The molecule has 1 rings (SSSR count). The molecule has 108 valence electrons. The van der Waals surface area contributed by atoms with Gasteiger partial charge in [-0.1, -0.05) is 20.8 Å². The number of nitrogens with zero attached hydrogens (tertiary/aromatic N) is 2. The number of aliphatic hydroxyl groups is 1. The second-order valence-electron chi connectivity index (χ2n) is 5.58. The fourth-order valence-electron chi connectivity index (χ4n) is 1.87. The first-order chi connectivity index (χ1) is 8.68. The summed E-state index contributed by atoms with van der Waals surface area (Å²) in [4.78, 5) is 11.6. The average molecular weight is 269 g/mol. The second-order valence-corrected chi connectivity index (χ2v) is 5.58. The minimum Gasteiger partial charge on any atom is -0.465 e. The number of rotatable bonds is 4. The summed E-state index contributed by atoms with van der Waals surface area (Å²) in [6, 6.07) is -1.11. The summed E-state index contributed by atoms with van der Waals surface area (Å²) in [5.41, 5.74) is 6.78. The zero-order chi connectivity index (χ0) is 14.8. The van der Waals surface area contributed by atoms with Crippen LogP contribution in [-0.2, 0) is 22.0 Å². The van der Waals surface area contributed by atoms with Crippen LogP contribution < -0.4 is 5.73 Å². The first-order valence-corrected chi connectivity index (χ1v) is 6.32. The quantitative estimate of drug-likeness (QED) is 0.783. The van der Waals surface area contributed by atoms with E-state index in [2.05, 4.69) is 5.10 Å². The summed E-state index contributed by atoms with van der Waals surface area (Å²) in [6.07, 6.45) is 0.562. The Morgan fingerprint density at radius 3 is 2.63 bits per heavy atom. The van der Waals surface area contributed by atoms with Gasteiger partial charge >= 0.3 is 5.97 Å². The molecule has 1 heterocycles. The van der Waals surface area contributed by atoms with Gasteiger partial charge in [-0.2, -0.15) is 5.10 Å². The highest BCUT2D eigenvalue weighted by molar-refractivity contribution is 5.76. The summed E-state index contributed by atoms with van der Waals surface area (Å²) in [7, 11) is 1.77. The molecule has 1 aromatic heterocycles. The molecule has 0 spiro atoms. The van der Waals surface area contributed by atoms with Gasteiger partial charge in [0, 0.05) is 24.2 Å². The van der Waals surface area contributed by atoms with Crippen molar-refractivity contribution in [3.8, 4) is 0 Å². The average Bonchev–Trinajstić information content (AvgIpc) is 2.69. The van der Waals surface area contributed by atoms with Crippen molar-refractivity contribution < 1.29 is 14.6 Å². The van der Waals surface area contributed by atoms with Crippen LogP contribution in [0.25, 0.3) is 0 Å². The first kappa shape index (κ1) is 15.7. The third-order valence-electron chi connectivity index (χ3n) is 2.79. The van der Waals surface area contributed by atoms with Gasteiger partial charge in [0.05, 0.1) is 12.3 Å². The van der Waals surface area contributed by atoms with Gasteiger partial charge < -0.3 is 15.6 Å². The van der Waals surface area contributed by atoms with Gasteiger partial charge in [-0.15, -0.1) is 0 Å². The number of aromatic nitrogens is 2. The first-order valence-electron chi connectivity index (χ1n) is 6.32. The Morgan fingerprint density at radius 2 is 2.16 bits per heavy atom. The van der Waals surface area contributed by atoms with E-state index in [-0.39, 0.29) is 12.0 Å². The predicted molar refractivity (Wildman–Crippen MR) is 71.5 cm³/mol.